The van der Waals surface area contributed by atoms with E-state index in [-0.39, 0.29) is 11.9 Å². The van der Waals surface area contributed by atoms with Crippen LogP contribution >= 0.6 is 0 Å². The van der Waals surface area contributed by atoms with Crippen LogP contribution in [-0.2, 0) is 16.0 Å². The van der Waals surface area contributed by atoms with Crippen molar-refractivity contribution in [1.29, 1.82) is 0 Å². The Hall–Kier alpha value is -1.35. The lowest BCUT2D eigenvalue weighted by Gasteiger charge is -2.44. The zero-order chi connectivity index (χ0) is 11.6. The number of carbonyl (C=O) groups is 1. The van der Waals surface area contributed by atoms with Crippen molar-refractivity contribution in [2.24, 2.45) is 11.7 Å². The number of rotatable bonds is 3. The third kappa shape index (κ3) is 1.83. The number of carbonyl (C=O) groups excluding carboxylic acids is 1. The fraction of sp³-hybridized carbons (Fsp3) is 0.462. The highest BCUT2D eigenvalue weighted by Gasteiger charge is 2.50. The monoisotopic (exact) mass is 219 g/mol. The lowest BCUT2D eigenvalue weighted by atomic mass is 9.65. The molecule has 0 spiro atoms. The molecule has 0 aliphatic heterocycles. The molecule has 0 heterocycles. The van der Waals surface area contributed by atoms with Gasteiger partial charge in [0.2, 0.25) is 0 Å². The average Bonchev–Trinajstić information content (AvgIpc) is 2.34. The van der Waals surface area contributed by atoms with Crippen LogP contribution in [-0.4, -0.2) is 18.6 Å². The number of esters is 1. The summed E-state index contributed by atoms with van der Waals surface area (Å²) >= 11 is 0. The molecule has 16 heavy (non-hydrogen) atoms. The highest BCUT2D eigenvalue weighted by molar-refractivity contribution is 5.82. The van der Waals surface area contributed by atoms with E-state index in [1.54, 1.807) is 0 Å². The minimum atomic E-state index is -0.759. The molecule has 0 saturated heterocycles. The van der Waals surface area contributed by atoms with Crippen molar-refractivity contribution < 1.29 is 9.53 Å². The van der Waals surface area contributed by atoms with E-state index in [4.69, 9.17) is 10.5 Å². The fourth-order valence-corrected chi connectivity index (χ4v) is 2.30. The highest BCUT2D eigenvalue weighted by Crippen LogP contribution is 2.39. The molecule has 0 amide bonds. The second-order valence-electron chi connectivity index (χ2n) is 4.46. The molecule has 1 aromatic rings. The van der Waals surface area contributed by atoms with E-state index >= 15 is 0 Å². The number of hydrogen-bond acceptors (Lipinski definition) is 3. The molecule has 1 fully saturated rings. The maximum Gasteiger partial charge on any atom is 0.326 e. The van der Waals surface area contributed by atoms with Crippen LogP contribution in [0.25, 0.3) is 0 Å². The molecule has 2 unspecified atom stereocenters. The van der Waals surface area contributed by atoms with Crippen LogP contribution in [0.2, 0.25) is 0 Å². The Morgan fingerprint density at radius 1 is 1.50 bits per heavy atom. The van der Waals surface area contributed by atoms with Gasteiger partial charge in [-0.05, 0) is 30.7 Å². The van der Waals surface area contributed by atoms with Gasteiger partial charge in [0, 0.05) is 0 Å². The summed E-state index contributed by atoms with van der Waals surface area (Å²) < 4.78 is 4.76. The van der Waals surface area contributed by atoms with Gasteiger partial charge < -0.3 is 10.5 Å². The third-order valence-electron chi connectivity index (χ3n) is 3.53. The Labute approximate surface area is 95.6 Å². The Morgan fingerprint density at radius 3 is 2.69 bits per heavy atom. The van der Waals surface area contributed by atoms with E-state index in [9.17, 15) is 4.79 Å². The molecular formula is C13H17NO2. The fourth-order valence-electron chi connectivity index (χ4n) is 2.30. The van der Waals surface area contributed by atoms with E-state index in [0.29, 0.717) is 0 Å². The van der Waals surface area contributed by atoms with Crippen LogP contribution in [0.4, 0.5) is 0 Å². The van der Waals surface area contributed by atoms with E-state index in [1.165, 1.54) is 12.7 Å². The number of nitrogens with two attached hydrogens (primary N) is 1. The third-order valence-corrected chi connectivity index (χ3v) is 3.53. The zero-order valence-corrected chi connectivity index (χ0v) is 9.48. The second-order valence-corrected chi connectivity index (χ2v) is 4.46. The first-order chi connectivity index (χ1) is 7.66. The van der Waals surface area contributed by atoms with E-state index in [1.807, 2.05) is 18.2 Å². The molecule has 1 aliphatic rings. The standard InChI is InChI=1S/C13H17NO2/c1-16-12(15)13(14)8-7-11(13)9-10-5-3-2-4-6-10/h2-6,11H,7-9,14H2,1H3. The molecule has 1 aromatic carbocycles. The second kappa shape index (κ2) is 4.26. The SMILES string of the molecule is COC(=O)C1(N)CCC1Cc1ccccc1. The van der Waals surface area contributed by atoms with Gasteiger partial charge in [-0.1, -0.05) is 30.3 Å². The smallest absolute Gasteiger partial charge is 0.326 e. The van der Waals surface area contributed by atoms with Crippen LogP contribution < -0.4 is 5.73 Å². The van der Waals surface area contributed by atoms with E-state index < -0.39 is 5.54 Å². The van der Waals surface area contributed by atoms with Gasteiger partial charge in [-0.3, -0.25) is 4.79 Å². The quantitative estimate of drug-likeness (QED) is 0.784. The number of ether oxygens (including phenoxy) is 1. The van der Waals surface area contributed by atoms with Gasteiger partial charge in [0.25, 0.3) is 0 Å². The van der Waals surface area contributed by atoms with Gasteiger partial charge in [-0.15, -0.1) is 0 Å². The van der Waals surface area contributed by atoms with Gasteiger partial charge >= 0.3 is 5.97 Å². The topological polar surface area (TPSA) is 52.3 Å². The summed E-state index contributed by atoms with van der Waals surface area (Å²) in [6.45, 7) is 0. The number of methoxy groups -OCH3 is 1. The molecule has 0 radical (unpaired) electrons. The maximum absolute atomic E-state index is 11.6. The molecular weight excluding hydrogens is 202 g/mol. The Bertz CT molecular complexity index is 377. The Balaban J connectivity index is 2.05. The van der Waals surface area contributed by atoms with Crippen LogP contribution in [0.15, 0.2) is 30.3 Å². The van der Waals surface area contributed by atoms with Gasteiger partial charge in [0.05, 0.1) is 7.11 Å². The van der Waals surface area contributed by atoms with Gasteiger partial charge in [0.15, 0.2) is 0 Å². The first-order valence-corrected chi connectivity index (χ1v) is 5.58. The molecule has 3 heteroatoms. The van der Waals surface area contributed by atoms with Crippen LogP contribution in [0, 0.1) is 5.92 Å². The number of hydrogen-bond donors (Lipinski definition) is 1. The molecule has 2 rings (SSSR count). The van der Waals surface area contributed by atoms with E-state index in [2.05, 4.69) is 12.1 Å². The van der Waals surface area contributed by atoms with Crippen molar-refractivity contribution in [2.45, 2.75) is 24.8 Å². The van der Waals surface area contributed by atoms with Gasteiger partial charge in [0.1, 0.15) is 5.54 Å². The van der Waals surface area contributed by atoms with E-state index in [0.717, 1.165) is 19.3 Å². The molecule has 0 bridgehead atoms. The normalized spacial score (nSPS) is 28.2. The summed E-state index contributed by atoms with van der Waals surface area (Å²) in [7, 11) is 1.40. The zero-order valence-electron chi connectivity index (χ0n) is 9.48. The summed E-state index contributed by atoms with van der Waals surface area (Å²) in [5.74, 6) is -0.0676. The van der Waals surface area contributed by atoms with Crippen molar-refractivity contribution in [2.75, 3.05) is 7.11 Å². The first kappa shape index (κ1) is 11.1. The van der Waals surface area contributed by atoms with Crippen LogP contribution in [0.3, 0.4) is 0 Å². The molecule has 1 saturated carbocycles. The largest absolute Gasteiger partial charge is 0.468 e. The summed E-state index contributed by atoms with van der Waals surface area (Å²) in [4.78, 5) is 11.6. The summed E-state index contributed by atoms with van der Waals surface area (Å²) in [5.41, 5.74) is 6.54. The van der Waals surface area contributed by atoms with Crippen molar-refractivity contribution in [3.05, 3.63) is 35.9 Å². The predicted molar refractivity (Wildman–Crippen MR) is 61.8 cm³/mol. The van der Waals surface area contributed by atoms with Gasteiger partial charge in [-0.2, -0.15) is 0 Å². The first-order valence-electron chi connectivity index (χ1n) is 5.58. The molecule has 2 atom stereocenters. The van der Waals surface area contributed by atoms with Crippen molar-refractivity contribution in [3.63, 3.8) is 0 Å². The summed E-state index contributed by atoms with van der Waals surface area (Å²) in [5, 5.41) is 0. The lowest BCUT2D eigenvalue weighted by molar-refractivity contribution is -0.154. The van der Waals surface area contributed by atoms with Crippen molar-refractivity contribution in [1.82, 2.24) is 0 Å². The molecule has 2 N–H and O–H groups in total. The Kier molecular flexibility index (Phi) is 2.97. The highest BCUT2D eigenvalue weighted by atomic mass is 16.5. The summed E-state index contributed by atoms with van der Waals surface area (Å²) in [6, 6.07) is 10.1. The minimum Gasteiger partial charge on any atom is -0.468 e. The minimum absolute atomic E-state index is 0.211. The molecule has 86 valence electrons. The average molecular weight is 219 g/mol. The molecule has 3 nitrogen and oxygen atoms in total. The Morgan fingerprint density at radius 2 is 2.19 bits per heavy atom. The van der Waals surface area contributed by atoms with Gasteiger partial charge in [-0.25, -0.2) is 0 Å². The van der Waals surface area contributed by atoms with Crippen LogP contribution in [0.1, 0.15) is 18.4 Å². The molecule has 0 aromatic heterocycles. The predicted octanol–water partition coefficient (Wildman–Crippen LogP) is 1.51. The molecule has 1 aliphatic carbocycles. The summed E-state index contributed by atoms with van der Waals surface area (Å²) in [6.07, 6.45) is 2.59. The van der Waals surface area contributed by atoms with Crippen molar-refractivity contribution >= 4 is 5.97 Å². The lowest BCUT2D eigenvalue weighted by Crippen LogP contribution is -2.61. The maximum atomic E-state index is 11.6. The number of benzene rings is 1. The van der Waals surface area contributed by atoms with Crippen LogP contribution in [0.5, 0.6) is 0 Å². The van der Waals surface area contributed by atoms with Crippen molar-refractivity contribution in [3.8, 4) is 0 Å².